The third-order valence-electron chi connectivity index (χ3n) is 4.82. The summed E-state index contributed by atoms with van der Waals surface area (Å²) in [6, 6.07) is 4.82. The van der Waals surface area contributed by atoms with Crippen LogP contribution in [-0.4, -0.2) is 54.5 Å². The lowest BCUT2D eigenvalue weighted by molar-refractivity contribution is -0.151. The van der Waals surface area contributed by atoms with Crippen molar-refractivity contribution in [3.05, 3.63) is 57.5 Å². The summed E-state index contributed by atoms with van der Waals surface area (Å²) < 4.78 is 56.9. The van der Waals surface area contributed by atoms with Gasteiger partial charge in [0.05, 0.1) is 17.0 Å². The number of nitrogens with zero attached hydrogens (tertiary/aromatic N) is 3. The van der Waals surface area contributed by atoms with Crippen molar-refractivity contribution in [3.8, 4) is 0 Å². The Hall–Kier alpha value is -2.59. The number of pyridine rings is 1. The van der Waals surface area contributed by atoms with Gasteiger partial charge in [-0.15, -0.1) is 0 Å². The van der Waals surface area contributed by atoms with E-state index in [0.29, 0.717) is 6.20 Å². The quantitative estimate of drug-likeness (QED) is 0.465. The van der Waals surface area contributed by atoms with Crippen LogP contribution in [0.15, 0.2) is 30.5 Å². The van der Waals surface area contributed by atoms with E-state index in [0.717, 1.165) is 12.1 Å². The van der Waals surface area contributed by atoms with Crippen LogP contribution in [0.3, 0.4) is 0 Å². The molecule has 0 atom stereocenters. The molecule has 3 rings (SSSR count). The first-order valence-electron chi connectivity index (χ1n) is 9.40. The van der Waals surface area contributed by atoms with Crippen molar-refractivity contribution >= 4 is 40.9 Å². The van der Waals surface area contributed by atoms with Gasteiger partial charge in [0.1, 0.15) is 11.6 Å². The van der Waals surface area contributed by atoms with E-state index >= 15 is 0 Å². The molecule has 0 bridgehead atoms. The second-order valence-corrected chi connectivity index (χ2v) is 7.75. The molecule has 0 spiro atoms. The number of carbonyl (C=O) groups excluding carboxylic acids is 2. The molecule has 172 valence electrons. The fourth-order valence-corrected chi connectivity index (χ4v) is 3.63. The molecule has 1 saturated heterocycles. The highest BCUT2D eigenvalue weighted by molar-refractivity contribution is 6.33. The average Bonchev–Trinajstić information content (AvgIpc) is 2.74. The molecule has 1 amide bonds. The molecule has 32 heavy (non-hydrogen) atoms. The standard InChI is InChI=1S/C20H17Cl2F4N3O3/c21-14-2-1-3-16(23)13(14)9-18(31)32-11-17(30)28-4-6-29(7-5-28)19-15(22)8-12(10-27-19)20(24,25)26/h1-3,8,10H,4-7,9,11H2. The van der Waals surface area contributed by atoms with Crippen molar-refractivity contribution < 1.29 is 31.9 Å². The minimum Gasteiger partial charge on any atom is -0.455 e. The number of piperazine rings is 1. The van der Waals surface area contributed by atoms with Gasteiger partial charge in [-0.3, -0.25) is 9.59 Å². The molecule has 2 aromatic rings. The van der Waals surface area contributed by atoms with Gasteiger partial charge in [0.15, 0.2) is 6.61 Å². The van der Waals surface area contributed by atoms with Crippen molar-refractivity contribution in [2.45, 2.75) is 12.6 Å². The van der Waals surface area contributed by atoms with Crippen LogP contribution in [0.5, 0.6) is 0 Å². The molecule has 2 heterocycles. The van der Waals surface area contributed by atoms with Gasteiger partial charge in [0.2, 0.25) is 0 Å². The van der Waals surface area contributed by atoms with Gasteiger partial charge in [-0.2, -0.15) is 13.2 Å². The molecule has 1 aromatic heterocycles. The Morgan fingerprint density at radius 3 is 2.38 bits per heavy atom. The molecule has 0 aliphatic carbocycles. The van der Waals surface area contributed by atoms with Crippen LogP contribution in [-0.2, 0) is 26.9 Å². The second-order valence-electron chi connectivity index (χ2n) is 6.93. The summed E-state index contributed by atoms with van der Waals surface area (Å²) in [5, 5.41) is -0.0553. The normalized spacial score (nSPS) is 14.4. The van der Waals surface area contributed by atoms with Crippen LogP contribution in [0, 0.1) is 5.82 Å². The van der Waals surface area contributed by atoms with Crippen LogP contribution in [0.2, 0.25) is 10.0 Å². The van der Waals surface area contributed by atoms with Crippen molar-refractivity contribution in [2.75, 3.05) is 37.7 Å². The SMILES string of the molecule is O=C(Cc1c(F)cccc1Cl)OCC(=O)N1CCN(c2ncc(C(F)(F)F)cc2Cl)CC1. The lowest BCUT2D eigenvalue weighted by Crippen LogP contribution is -2.50. The predicted molar refractivity (Wildman–Crippen MR) is 109 cm³/mol. The zero-order valence-electron chi connectivity index (χ0n) is 16.5. The Labute approximate surface area is 190 Å². The molecule has 6 nitrogen and oxygen atoms in total. The van der Waals surface area contributed by atoms with E-state index in [-0.39, 0.29) is 47.6 Å². The first kappa shape index (κ1) is 24.1. The predicted octanol–water partition coefficient (Wildman–Crippen LogP) is 3.98. The van der Waals surface area contributed by atoms with E-state index in [1.54, 1.807) is 4.90 Å². The zero-order valence-corrected chi connectivity index (χ0v) is 18.0. The monoisotopic (exact) mass is 493 g/mol. The lowest BCUT2D eigenvalue weighted by Gasteiger charge is -2.35. The topological polar surface area (TPSA) is 62.7 Å². The van der Waals surface area contributed by atoms with Gasteiger partial charge in [0, 0.05) is 43.0 Å². The zero-order chi connectivity index (χ0) is 23.5. The molecular formula is C20H17Cl2F4N3O3. The van der Waals surface area contributed by atoms with Crippen molar-refractivity contribution in [1.29, 1.82) is 0 Å². The summed E-state index contributed by atoms with van der Waals surface area (Å²) in [6.45, 7) is 0.499. The minimum absolute atomic E-state index is 0.0128. The number of aromatic nitrogens is 1. The van der Waals surface area contributed by atoms with Gasteiger partial charge in [-0.05, 0) is 18.2 Å². The van der Waals surface area contributed by atoms with E-state index in [1.807, 2.05) is 0 Å². The van der Waals surface area contributed by atoms with E-state index < -0.39 is 42.5 Å². The number of benzene rings is 1. The Bertz CT molecular complexity index is 992. The third kappa shape index (κ3) is 5.80. The van der Waals surface area contributed by atoms with Gasteiger partial charge < -0.3 is 14.5 Å². The summed E-state index contributed by atoms with van der Waals surface area (Å²) in [4.78, 5) is 31.2. The Balaban J connectivity index is 1.50. The van der Waals surface area contributed by atoms with E-state index in [4.69, 9.17) is 27.9 Å². The van der Waals surface area contributed by atoms with Crippen LogP contribution >= 0.6 is 23.2 Å². The first-order chi connectivity index (χ1) is 15.1. The van der Waals surface area contributed by atoms with Crippen molar-refractivity contribution in [2.24, 2.45) is 0 Å². The highest BCUT2D eigenvalue weighted by Gasteiger charge is 2.32. The number of hydrogen-bond donors (Lipinski definition) is 0. The number of carbonyl (C=O) groups is 2. The molecule has 0 radical (unpaired) electrons. The summed E-state index contributed by atoms with van der Waals surface area (Å²) in [6.07, 6.45) is -4.25. The third-order valence-corrected chi connectivity index (χ3v) is 5.45. The number of rotatable bonds is 5. The van der Waals surface area contributed by atoms with E-state index in [1.165, 1.54) is 17.0 Å². The summed E-state index contributed by atoms with van der Waals surface area (Å²) in [5.41, 5.74) is -0.959. The number of alkyl halides is 3. The van der Waals surface area contributed by atoms with Gasteiger partial charge in [0.25, 0.3) is 5.91 Å². The van der Waals surface area contributed by atoms with E-state index in [2.05, 4.69) is 4.98 Å². The average molecular weight is 494 g/mol. The highest BCUT2D eigenvalue weighted by Crippen LogP contribution is 2.33. The summed E-state index contributed by atoms with van der Waals surface area (Å²) in [7, 11) is 0. The minimum atomic E-state index is -4.55. The fraction of sp³-hybridized carbons (Fsp3) is 0.350. The number of hydrogen-bond acceptors (Lipinski definition) is 5. The largest absolute Gasteiger partial charge is 0.455 e. The molecule has 0 saturated carbocycles. The maximum absolute atomic E-state index is 13.7. The fourth-order valence-electron chi connectivity index (χ4n) is 3.12. The lowest BCUT2D eigenvalue weighted by atomic mass is 10.1. The molecule has 0 unspecified atom stereocenters. The van der Waals surface area contributed by atoms with E-state index in [9.17, 15) is 27.2 Å². The number of amides is 1. The van der Waals surface area contributed by atoms with Gasteiger partial charge >= 0.3 is 12.1 Å². The summed E-state index contributed by atoms with van der Waals surface area (Å²) >= 11 is 11.8. The highest BCUT2D eigenvalue weighted by atomic mass is 35.5. The van der Waals surface area contributed by atoms with Crippen LogP contribution in [0.1, 0.15) is 11.1 Å². The first-order valence-corrected chi connectivity index (χ1v) is 10.2. The van der Waals surface area contributed by atoms with Crippen LogP contribution in [0.25, 0.3) is 0 Å². The molecule has 1 aliphatic heterocycles. The number of halogens is 6. The number of ether oxygens (including phenoxy) is 1. The van der Waals surface area contributed by atoms with Gasteiger partial charge in [-0.25, -0.2) is 9.37 Å². The molecular weight excluding hydrogens is 477 g/mol. The maximum atomic E-state index is 13.7. The smallest absolute Gasteiger partial charge is 0.417 e. The van der Waals surface area contributed by atoms with Crippen LogP contribution in [0.4, 0.5) is 23.4 Å². The molecule has 1 aromatic carbocycles. The molecule has 1 fully saturated rings. The second kappa shape index (κ2) is 9.91. The van der Waals surface area contributed by atoms with Gasteiger partial charge in [-0.1, -0.05) is 29.3 Å². The number of anilines is 1. The summed E-state index contributed by atoms with van der Waals surface area (Å²) in [5.74, 6) is -1.71. The van der Waals surface area contributed by atoms with Crippen molar-refractivity contribution in [1.82, 2.24) is 9.88 Å². The molecule has 12 heteroatoms. The Kier molecular flexibility index (Phi) is 7.45. The Morgan fingerprint density at radius 2 is 1.78 bits per heavy atom. The molecule has 1 aliphatic rings. The Morgan fingerprint density at radius 1 is 1.09 bits per heavy atom. The maximum Gasteiger partial charge on any atom is 0.417 e. The van der Waals surface area contributed by atoms with Crippen molar-refractivity contribution in [3.63, 3.8) is 0 Å². The number of esters is 1. The van der Waals surface area contributed by atoms with Crippen LogP contribution < -0.4 is 4.90 Å². The molecule has 0 N–H and O–H groups in total.